The van der Waals surface area contributed by atoms with Crippen LogP contribution in [0.1, 0.15) is 22.3 Å². The van der Waals surface area contributed by atoms with Gasteiger partial charge in [0.05, 0.1) is 22.9 Å². The quantitative estimate of drug-likeness (QED) is 0.712. The summed E-state index contributed by atoms with van der Waals surface area (Å²) in [6.45, 7) is 1.85. The van der Waals surface area contributed by atoms with Crippen molar-refractivity contribution >= 4 is 27.5 Å². The van der Waals surface area contributed by atoms with Crippen molar-refractivity contribution in [2.24, 2.45) is 0 Å². The van der Waals surface area contributed by atoms with Crippen LogP contribution in [0, 0.1) is 0 Å². The zero-order valence-corrected chi connectivity index (χ0v) is 15.0. The molecule has 0 bridgehead atoms. The highest BCUT2D eigenvalue weighted by molar-refractivity contribution is 7.20. The van der Waals surface area contributed by atoms with E-state index >= 15 is 0 Å². The fourth-order valence-corrected chi connectivity index (χ4v) is 3.44. The van der Waals surface area contributed by atoms with E-state index in [1.54, 1.807) is 14.0 Å². The molecule has 0 aliphatic carbocycles. The average Bonchev–Trinajstić information content (AvgIpc) is 3.04. The van der Waals surface area contributed by atoms with Gasteiger partial charge < -0.3 is 15.2 Å². The molecule has 0 aliphatic heterocycles. The molecular weight excluding hydrogens is 336 g/mol. The summed E-state index contributed by atoms with van der Waals surface area (Å²) in [5.41, 5.74) is 0.726. The van der Waals surface area contributed by atoms with E-state index in [4.69, 9.17) is 4.74 Å². The van der Waals surface area contributed by atoms with E-state index in [0.717, 1.165) is 21.5 Å². The number of ether oxygens (including phenoxy) is 1. The van der Waals surface area contributed by atoms with Gasteiger partial charge in [-0.15, -0.1) is 11.3 Å². The number of thiazole rings is 1. The maximum absolute atomic E-state index is 12.3. The molecule has 1 aromatic heterocycles. The lowest BCUT2D eigenvalue weighted by molar-refractivity contribution is 0.0552. The van der Waals surface area contributed by atoms with Crippen molar-refractivity contribution in [1.29, 1.82) is 0 Å². The summed E-state index contributed by atoms with van der Waals surface area (Å²) >= 11 is 1.35. The fourth-order valence-electron chi connectivity index (χ4n) is 2.56. The van der Waals surface area contributed by atoms with Crippen LogP contribution in [0.4, 0.5) is 0 Å². The molecule has 0 saturated carbocycles. The minimum absolute atomic E-state index is 0.147. The van der Waals surface area contributed by atoms with Gasteiger partial charge in [0.1, 0.15) is 5.75 Å². The van der Waals surface area contributed by atoms with Gasteiger partial charge >= 0.3 is 0 Å². The van der Waals surface area contributed by atoms with Crippen molar-refractivity contribution in [3.05, 3.63) is 59.1 Å². The summed E-state index contributed by atoms with van der Waals surface area (Å²) in [4.78, 5) is 16.6. The van der Waals surface area contributed by atoms with E-state index in [-0.39, 0.29) is 12.5 Å². The standard InChI is InChI=1S/C19H20N2O3S/c1-19(23,11-13-7-9-14(24-2)10-8-13)12-20-17(22)18-21-15-5-3-4-6-16(15)25-18/h3-10,23H,11-12H2,1-2H3,(H,20,22). The number of rotatable bonds is 6. The van der Waals surface area contributed by atoms with Gasteiger partial charge in [-0.1, -0.05) is 24.3 Å². The van der Waals surface area contributed by atoms with Crippen LogP contribution in [0.25, 0.3) is 10.2 Å². The summed E-state index contributed by atoms with van der Waals surface area (Å²) in [6.07, 6.45) is 0.428. The van der Waals surface area contributed by atoms with E-state index in [9.17, 15) is 9.90 Å². The Morgan fingerprint density at radius 1 is 1.24 bits per heavy atom. The molecule has 5 nitrogen and oxygen atoms in total. The van der Waals surface area contributed by atoms with Gasteiger partial charge in [-0.3, -0.25) is 4.79 Å². The second-order valence-electron chi connectivity index (χ2n) is 6.19. The number of methoxy groups -OCH3 is 1. The summed E-state index contributed by atoms with van der Waals surface area (Å²) in [5, 5.41) is 13.7. The van der Waals surface area contributed by atoms with Crippen LogP contribution in [0.15, 0.2) is 48.5 Å². The van der Waals surface area contributed by atoms with Gasteiger partial charge in [-0.25, -0.2) is 4.98 Å². The Labute approximate surface area is 150 Å². The highest BCUT2D eigenvalue weighted by Crippen LogP contribution is 2.22. The summed E-state index contributed by atoms with van der Waals surface area (Å²) in [6, 6.07) is 15.1. The number of nitrogens with one attached hydrogen (secondary N) is 1. The first kappa shape index (κ1) is 17.4. The molecule has 1 unspecified atom stereocenters. The van der Waals surface area contributed by atoms with E-state index in [1.807, 2.05) is 48.5 Å². The number of nitrogens with zero attached hydrogens (tertiary/aromatic N) is 1. The van der Waals surface area contributed by atoms with Crippen molar-refractivity contribution in [1.82, 2.24) is 10.3 Å². The molecule has 0 radical (unpaired) electrons. The number of para-hydroxylation sites is 1. The van der Waals surface area contributed by atoms with Crippen molar-refractivity contribution in [2.45, 2.75) is 18.9 Å². The normalized spacial score (nSPS) is 13.4. The zero-order chi connectivity index (χ0) is 17.9. The van der Waals surface area contributed by atoms with Crippen molar-refractivity contribution in [3.8, 4) is 5.75 Å². The fraction of sp³-hybridized carbons (Fsp3) is 0.263. The van der Waals surface area contributed by atoms with Crippen LogP contribution in [0.5, 0.6) is 5.75 Å². The third kappa shape index (κ3) is 4.35. The first-order valence-corrected chi connectivity index (χ1v) is 8.77. The predicted molar refractivity (Wildman–Crippen MR) is 99.3 cm³/mol. The van der Waals surface area contributed by atoms with Gasteiger partial charge in [0, 0.05) is 13.0 Å². The van der Waals surface area contributed by atoms with Crippen LogP contribution in [-0.4, -0.2) is 35.3 Å². The van der Waals surface area contributed by atoms with Gasteiger partial charge in [0.25, 0.3) is 5.91 Å². The SMILES string of the molecule is COc1ccc(CC(C)(O)CNC(=O)c2nc3ccccc3s2)cc1. The lowest BCUT2D eigenvalue weighted by Crippen LogP contribution is -2.42. The lowest BCUT2D eigenvalue weighted by atomic mass is 9.96. The Morgan fingerprint density at radius 3 is 2.64 bits per heavy atom. The molecule has 6 heteroatoms. The Balaban J connectivity index is 1.61. The van der Waals surface area contributed by atoms with Crippen LogP contribution in [0.2, 0.25) is 0 Å². The number of hydrogen-bond acceptors (Lipinski definition) is 5. The number of benzene rings is 2. The molecule has 25 heavy (non-hydrogen) atoms. The molecule has 0 fully saturated rings. The number of fused-ring (bicyclic) bond motifs is 1. The third-order valence-corrected chi connectivity index (χ3v) is 4.90. The molecule has 1 amide bonds. The third-order valence-electron chi connectivity index (χ3n) is 3.86. The Hall–Kier alpha value is -2.44. The molecule has 0 aliphatic rings. The molecule has 0 spiro atoms. The number of hydrogen-bond donors (Lipinski definition) is 2. The van der Waals surface area contributed by atoms with Crippen LogP contribution >= 0.6 is 11.3 Å². The number of carbonyl (C=O) groups excluding carboxylic acids is 1. The molecule has 2 N–H and O–H groups in total. The predicted octanol–water partition coefficient (Wildman–Crippen LogP) is 3.03. The minimum atomic E-state index is -1.05. The molecule has 0 saturated heterocycles. The van der Waals surface area contributed by atoms with E-state index < -0.39 is 5.60 Å². The largest absolute Gasteiger partial charge is 0.497 e. The van der Waals surface area contributed by atoms with Crippen molar-refractivity contribution in [2.75, 3.05) is 13.7 Å². The van der Waals surface area contributed by atoms with Gasteiger partial charge in [-0.2, -0.15) is 0 Å². The summed E-state index contributed by atoms with van der Waals surface area (Å²) in [7, 11) is 1.61. The van der Waals surface area contributed by atoms with E-state index in [2.05, 4.69) is 10.3 Å². The number of carbonyl (C=O) groups is 1. The molecule has 2 aromatic carbocycles. The Morgan fingerprint density at radius 2 is 1.96 bits per heavy atom. The van der Waals surface area contributed by atoms with Crippen molar-refractivity contribution < 1.29 is 14.6 Å². The van der Waals surface area contributed by atoms with Crippen LogP contribution < -0.4 is 10.1 Å². The van der Waals surface area contributed by atoms with Crippen LogP contribution in [-0.2, 0) is 6.42 Å². The van der Waals surface area contributed by atoms with Crippen LogP contribution in [0.3, 0.4) is 0 Å². The van der Waals surface area contributed by atoms with Gasteiger partial charge in [-0.05, 0) is 36.8 Å². The maximum Gasteiger partial charge on any atom is 0.280 e. The minimum Gasteiger partial charge on any atom is -0.497 e. The topological polar surface area (TPSA) is 71.5 Å². The lowest BCUT2D eigenvalue weighted by Gasteiger charge is -2.23. The zero-order valence-electron chi connectivity index (χ0n) is 14.2. The molecular formula is C19H20N2O3S. The number of aliphatic hydroxyl groups is 1. The first-order chi connectivity index (χ1) is 12.0. The maximum atomic E-state index is 12.3. The highest BCUT2D eigenvalue weighted by atomic mass is 32.1. The van der Waals surface area contributed by atoms with Gasteiger partial charge in [0.15, 0.2) is 5.01 Å². The molecule has 1 atom stereocenters. The molecule has 3 rings (SSSR count). The second kappa shape index (κ2) is 7.21. The summed E-state index contributed by atoms with van der Waals surface area (Å²) in [5.74, 6) is 0.503. The van der Waals surface area contributed by atoms with E-state index in [0.29, 0.717) is 11.4 Å². The Bertz CT molecular complexity index is 839. The second-order valence-corrected chi connectivity index (χ2v) is 7.22. The Kier molecular flexibility index (Phi) is 5.01. The van der Waals surface area contributed by atoms with Crippen molar-refractivity contribution in [3.63, 3.8) is 0 Å². The monoisotopic (exact) mass is 356 g/mol. The molecule has 130 valence electrons. The van der Waals surface area contributed by atoms with Gasteiger partial charge in [0.2, 0.25) is 0 Å². The number of amides is 1. The number of aromatic nitrogens is 1. The summed E-state index contributed by atoms with van der Waals surface area (Å²) < 4.78 is 6.10. The average molecular weight is 356 g/mol. The van der Waals surface area contributed by atoms with E-state index in [1.165, 1.54) is 11.3 Å². The smallest absolute Gasteiger partial charge is 0.280 e. The first-order valence-electron chi connectivity index (χ1n) is 7.96. The molecule has 1 heterocycles. The molecule has 3 aromatic rings. The highest BCUT2D eigenvalue weighted by Gasteiger charge is 2.23.